The molecule has 3 amide bonds. The first-order chi connectivity index (χ1) is 13.6. The lowest BCUT2D eigenvalue weighted by atomic mass is 9.96. The van der Waals surface area contributed by atoms with E-state index >= 15 is 0 Å². The third-order valence-electron chi connectivity index (χ3n) is 5.07. The minimum atomic E-state index is -0.272. The molecule has 0 aliphatic carbocycles. The molecule has 0 spiro atoms. The number of nitrogens with zero attached hydrogens (tertiary/aromatic N) is 1. The SMILES string of the molecule is CCC1CN(C(=O)Cc2ccc(NC(=O)NCc3ccc(OC)cc3)cc2)C1. The van der Waals surface area contributed by atoms with Crippen LogP contribution in [0.15, 0.2) is 48.5 Å². The molecule has 1 saturated heterocycles. The van der Waals surface area contributed by atoms with E-state index in [0.29, 0.717) is 24.6 Å². The summed E-state index contributed by atoms with van der Waals surface area (Å²) in [6.07, 6.45) is 1.53. The third-order valence-corrected chi connectivity index (χ3v) is 5.07. The molecule has 1 aliphatic heterocycles. The largest absolute Gasteiger partial charge is 0.497 e. The van der Waals surface area contributed by atoms with E-state index < -0.39 is 0 Å². The van der Waals surface area contributed by atoms with E-state index in [-0.39, 0.29) is 11.9 Å². The fourth-order valence-electron chi connectivity index (χ4n) is 3.13. The molecule has 1 aliphatic rings. The van der Waals surface area contributed by atoms with Crippen LogP contribution in [0.5, 0.6) is 5.75 Å². The number of carbonyl (C=O) groups excluding carboxylic acids is 2. The zero-order valence-electron chi connectivity index (χ0n) is 16.4. The van der Waals surface area contributed by atoms with Gasteiger partial charge in [-0.3, -0.25) is 4.79 Å². The zero-order chi connectivity index (χ0) is 19.9. The van der Waals surface area contributed by atoms with Crippen molar-refractivity contribution in [3.8, 4) is 5.75 Å². The number of benzene rings is 2. The predicted octanol–water partition coefficient (Wildman–Crippen LogP) is 3.43. The van der Waals surface area contributed by atoms with Crippen LogP contribution < -0.4 is 15.4 Å². The topological polar surface area (TPSA) is 70.7 Å². The van der Waals surface area contributed by atoms with Gasteiger partial charge in [0.2, 0.25) is 5.91 Å². The summed E-state index contributed by atoms with van der Waals surface area (Å²) in [4.78, 5) is 26.2. The number of likely N-dealkylation sites (tertiary alicyclic amines) is 1. The molecule has 0 saturated carbocycles. The maximum atomic E-state index is 12.2. The highest BCUT2D eigenvalue weighted by Gasteiger charge is 2.28. The van der Waals surface area contributed by atoms with Crippen molar-refractivity contribution in [3.05, 3.63) is 59.7 Å². The lowest BCUT2D eigenvalue weighted by Gasteiger charge is -2.39. The number of nitrogens with one attached hydrogen (secondary N) is 2. The molecule has 2 N–H and O–H groups in total. The van der Waals surface area contributed by atoms with Crippen molar-refractivity contribution in [1.29, 1.82) is 0 Å². The minimum absolute atomic E-state index is 0.169. The van der Waals surface area contributed by atoms with Gasteiger partial charge in [-0.25, -0.2) is 4.79 Å². The van der Waals surface area contributed by atoms with Crippen LogP contribution in [0.1, 0.15) is 24.5 Å². The highest BCUT2D eigenvalue weighted by molar-refractivity contribution is 5.89. The second-order valence-electron chi connectivity index (χ2n) is 7.10. The van der Waals surface area contributed by atoms with Gasteiger partial charge in [-0.1, -0.05) is 31.2 Å². The van der Waals surface area contributed by atoms with Gasteiger partial charge in [-0.05, 0) is 47.7 Å². The predicted molar refractivity (Wildman–Crippen MR) is 109 cm³/mol. The van der Waals surface area contributed by atoms with Crippen molar-refractivity contribution in [2.24, 2.45) is 5.92 Å². The lowest BCUT2D eigenvalue weighted by molar-refractivity contribution is -0.136. The van der Waals surface area contributed by atoms with Gasteiger partial charge in [0.15, 0.2) is 0 Å². The van der Waals surface area contributed by atoms with Gasteiger partial charge >= 0.3 is 6.03 Å². The van der Waals surface area contributed by atoms with E-state index in [0.717, 1.165) is 36.4 Å². The van der Waals surface area contributed by atoms with E-state index in [1.807, 2.05) is 53.4 Å². The van der Waals surface area contributed by atoms with Gasteiger partial charge < -0.3 is 20.3 Å². The average Bonchev–Trinajstić information content (AvgIpc) is 2.67. The van der Waals surface area contributed by atoms with Crippen molar-refractivity contribution in [2.45, 2.75) is 26.3 Å². The van der Waals surface area contributed by atoms with Crippen LogP contribution in [-0.4, -0.2) is 37.0 Å². The Morgan fingerprint density at radius 2 is 1.68 bits per heavy atom. The summed E-state index contributed by atoms with van der Waals surface area (Å²) in [6, 6.07) is 14.7. The first-order valence-corrected chi connectivity index (χ1v) is 9.62. The van der Waals surface area contributed by atoms with Gasteiger partial charge in [0.25, 0.3) is 0 Å². The molecule has 3 rings (SSSR count). The monoisotopic (exact) mass is 381 g/mol. The maximum absolute atomic E-state index is 12.2. The summed E-state index contributed by atoms with van der Waals surface area (Å²) in [5.74, 6) is 1.61. The zero-order valence-corrected chi connectivity index (χ0v) is 16.4. The molecule has 0 aromatic heterocycles. The Labute approximate surface area is 165 Å². The summed E-state index contributed by atoms with van der Waals surface area (Å²) in [7, 11) is 1.62. The van der Waals surface area contributed by atoms with Crippen LogP contribution in [0.4, 0.5) is 10.5 Å². The summed E-state index contributed by atoms with van der Waals surface area (Å²) in [5.41, 5.74) is 2.63. The molecule has 2 aromatic carbocycles. The fraction of sp³-hybridized carbons (Fsp3) is 0.364. The summed E-state index contributed by atoms with van der Waals surface area (Å²) in [5, 5.41) is 5.62. The molecule has 0 atom stereocenters. The number of amides is 3. The molecular formula is C22H27N3O3. The Kier molecular flexibility index (Phi) is 6.53. The quantitative estimate of drug-likeness (QED) is 0.772. The van der Waals surface area contributed by atoms with Gasteiger partial charge in [-0.2, -0.15) is 0 Å². The van der Waals surface area contributed by atoms with Crippen molar-refractivity contribution in [3.63, 3.8) is 0 Å². The van der Waals surface area contributed by atoms with E-state index in [1.165, 1.54) is 0 Å². The van der Waals surface area contributed by atoms with Gasteiger partial charge in [-0.15, -0.1) is 0 Å². The van der Waals surface area contributed by atoms with Crippen molar-refractivity contribution >= 4 is 17.6 Å². The molecule has 1 fully saturated rings. The summed E-state index contributed by atoms with van der Waals surface area (Å²) in [6.45, 7) is 4.34. The van der Waals surface area contributed by atoms with Crippen molar-refractivity contribution < 1.29 is 14.3 Å². The number of hydrogen-bond donors (Lipinski definition) is 2. The second kappa shape index (κ2) is 9.26. The van der Waals surface area contributed by atoms with Crippen LogP contribution in [0.3, 0.4) is 0 Å². The van der Waals surface area contributed by atoms with Gasteiger partial charge in [0.05, 0.1) is 13.5 Å². The highest BCUT2D eigenvalue weighted by Crippen LogP contribution is 2.20. The maximum Gasteiger partial charge on any atom is 0.319 e. The number of ether oxygens (including phenoxy) is 1. The molecule has 0 radical (unpaired) electrons. The summed E-state index contributed by atoms with van der Waals surface area (Å²) >= 11 is 0. The number of rotatable bonds is 7. The van der Waals surface area contributed by atoms with Crippen LogP contribution in [-0.2, 0) is 17.8 Å². The van der Waals surface area contributed by atoms with Crippen LogP contribution in [0, 0.1) is 5.92 Å². The standard InChI is InChI=1S/C22H27N3O3/c1-3-16-14-25(15-16)21(26)12-17-4-8-19(9-5-17)24-22(27)23-13-18-6-10-20(28-2)11-7-18/h4-11,16H,3,12-15H2,1-2H3,(H2,23,24,27). The lowest BCUT2D eigenvalue weighted by Crippen LogP contribution is -2.50. The normalized spacial score (nSPS) is 13.6. The number of methoxy groups -OCH3 is 1. The number of urea groups is 1. The van der Waals surface area contributed by atoms with E-state index in [2.05, 4.69) is 17.6 Å². The molecule has 0 unspecified atom stereocenters. The molecule has 6 heteroatoms. The number of anilines is 1. The van der Waals surface area contributed by atoms with Crippen molar-refractivity contribution in [1.82, 2.24) is 10.2 Å². The first-order valence-electron chi connectivity index (χ1n) is 9.62. The van der Waals surface area contributed by atoms with E-state index in [1.54, 1.807) is 7.11 Å². The molecule has 6 nitrogen and oxygen atoms in total. The Hall–Kier alpha value is -3.02. The first kappa shape index (κ1) is 19.7. The highest BCUT2D eigenvalue weighted by atomic mass is 16.5. The molecule has 0 bridgehead atoms. The Balaban J connectivity index is 1.43. The number of hydrogen-bond acceptors (Lipinski definition) is 3. The number of carbonyl (C=O) groups is 2. The fourth-order valence-corrected chi connectivity index (χ4v) is 3.13. The Morgan fingerprint density at radius 3 is 2.29 bits per heavy atom. The molecule has 2 aromatic rings. The van der Waals surface area contributed by atoms with Gasteiger partial charge in [0.1, 0.15) is 5.75 Å². The van der Waals surface area contributed by atoms with E-state index in [9.17, 15) is 9.59 Å². The second-order valence-corrected chi connectivity index (χ2v) is 7.10. The molecule has 1 heterocycles. The molecule has 28 heavy (non-hydrogen) atoms. The smallest absolute Gasteiger partial charge is 0.319 e. The average molecular weight is 381 g/mol. The Bertz CT molecular complexity index is 797. The van der Waals surface area contributed by atoms with Crippen LogP contribution in [0.25, 0.3) is 0 Å². The van der Waals surface area contributed by atoms with Crippen LogP contribution in [0.2, 0.25) is 0 Å². The van der Waals surface area contributed by atoms with Crippen molar-refractivity contribution in [2.75, 3.05) is 25.5 Å². The third kappa shape index (κ3) is 5.25. The van der Waals surface area contributed by atoms with Gasteiger partial charge in [0, 0.05) is 25.3 Å². The Morgan fingerprint density at radius 1 is 1.04 bits per heavy atom. The minimum Gasteiger partial charge on any atom is -0.497 e. The van der Waals surface area contributed by atoms with E-state index in [4.69, 9.17) is 4.74 Å². The summed E-state index contributed by atoms with van der Waals surface area (Å²) < 4.78 is 5.12. The molecule has 148 valence electrons. The molecular weight excluding hydrogens is 354 g/mol. The van der Waals surface area contributed by atoms with Crippen LogP contribution >= 0.6 is 0 Å².